The molecule has 0 radical (unpaired) electrons. The number of primary amides is 1. The molecule has 208 valence electrons. The molecule has 38 heavy (non-hydrogen) atoms. The highest BCUT2D eigenvalue weighted by Gasteiger charge is 2.40. The first-order chi connectivity index (χ1) is 18.3. The van der Waals surface area contributed by atoms with Crippen molar-refractivity contribution in [1.29, 1.82) is 0 Å². The van der Waals surface area contributed by atoms with Gasteiger partial charge >= 0.3 is 0 Å². The third kappa shape index (κ3) is 6.64. The van der Waals surface area contributed by atoms with Gasteiger partial charge in [0.1, 0.15) is 11.9 Å². The van der Waals surface area contributed by atoms with Gasteiger partial charge in [0.2, 0.25) is 11.8 Å². The summed E-state index contributed by atoms with van der Waals surface area (Å²) in [5, 5.41) is 0.622. The minimum absolute atomic E-state index is 0.0221. The highest BCUT2D eigenvalue weighted by Crippen LogP contribution is 2.36. The number of piperidine rings is 1. The first-order valence-electron chi connectivity index (χ1n) is 13.7. The maximum absolute atomic E-state index is 11.8. The smallest absolute Gasteiger partial charge is 0.219 e. The van der Waals surface area contributed by atoms with Crippen LogP contribution in [0.5, 0.6) is 11.6 Å². The molecule has 2 saturated heterocycles. The van der Waals surface area contributed by atoms with Crippen LogP contribution in [0.15, 0.2) is 36.5 Å². The van der Waals surface area contributed by atoms with Crippen molar-refractivity contribution in [3.8, 4) is 11.6 Å². The quantitative estimate of drug-likeness (QED) is 0.401. The van der Waals surface area contributed by atoms with Gasteiger partial charge in [-0.3, -0.25) is 4.79 Å². The Labute approximate surface area is 231 Å². The molecule has 9 heteroatoms. The first-order valence-corrected chi connectivity index (χ1v) is 14.1. The van der Waals surface area contributed by atoms with Gasteiger partial charge in [-0.25, -0.2) is 4.98 Å². The second-order valence-electron chi connectivity index (χ2n) is 10.6. The predicted octanol–water partition coefficient (Wildman–Crippen LogP) is 4.92. The fraction of sp³-hybridized carbons (Fsp3) is 0.586. The summed E-state index contributed by atoms with van der Waals surface area (Å²) in [6.07, 6.45) is 5.16. The molecule has 3 heterocycles. The monoisotopic (exact) mass is 544 g/mol. The molecule has 8 nitrogen and oxygen atoms in total. The van der Waals surface area contributed by atoms with Gasteiger partial charge in [-0.15, -0.1) is 0 Å². The van der Waals surface area contributed by atoms with Gasteiger partial charge in [0.25, 0.3) is 0 Å². The molecule has 2 N–H and O–H groups in total. The maximum Gasteiger partial charge on any atom is 0.219 e. The van der Waals surface area contributed by atoms with Crippen molar-refractivity contribution in [1.82, 2.24) is 4.98 Å². The molecule has 5 atom stereocenters. The Morgan fingerprint density at radius 1 is 1.18 bits per heavy atom. The Kier molecular flexibility index (Phi) is 9.60. The number of amides is 1. The van der Waals surface area contributed by atoms with E-state index in [9.17, 15) is 4.79 Å². The standard InChI is InChI=1S/C29H41ClN4O4/c1-5-6-13-37-27-18-34(24(20(27)3)14-28(31)35)21-7-9-22(10-8-21)38-26-11-12-33(17-19(26)2)25-15-29(36-4)32-16-23(25)30/h7-10,15-16,19-20,24,26-27H,5-6,11-14,17-18H2,1-4H3,(H2,31,35)/t19-,20+,24+,26-,27+/m1/s1. The van der Waals surface area contributed by atoms with Gasteiger partial charge in [-0.2, -0.15) is 0 Å². The van der Waals surface area contributed by atoms with E-state index in [-0.39, 0.29) is 30.1 Å². The fourth-order valence-corrected chi connectivity index (χ4v) is 5.81. The number of rotatable bonds is 11. The number of methoxy groups -OCH3 is 1. The number of nitrogens with zero attached hydrogens (tertiary/aromatic N) is 3. The van der Waals surface area contributed by atoms with E-state index in [2.05, 4.69) is 47.7 Å². The Bertz CT molecular complexity index is 1070. The van der Waals surface area contributed by atoms with E-state index < -0.39 is 0 Å². The summed E-state index contributed by atoms with van der Waals surface area (Å²) in [6.45, 7) is 9.68. The largest absolute Gasteiger partial charge is 0.490 e. The number of carbonyl (C=O) groups is 1. The van der Waals surface area contributed by atoms with E-state index in [4.69, 9.17) is 31.5 Å². The van der Waals surface area contributed by atoms with E-state index in [1.165, 1.54) is 0 Å². The zero-order valence-electron chi connectivity index (χ0n) is 22.9. The molecule has 0 saturated carbocycles. The summed E-state index contributed by atoms with van der Waals surface area (Å²) in [6, 6.07) is 10.1. The highest BCUT2D eigenvalue weighted by atomic mass is 35.5. The SMILES string of the molecule is CCCCO[C@H]1CN(c2ccc(O[C@@H]3CCN(c4cc(OC)ncc4Cl)C[C@H]3C)cc2)[C@@H](CC(N)=O)[C@@H]1C. The number of unbranched alkanes of at least 4 members (excludes halogenated alkanes) is 1. The lowest BCUT2D eigenvalue weighted by Crippen LogP contribution is -2.44. The average Bonchev–Trinajstić information content (AvgIpc) is 3.20. The minimum atomic E-state index is -0.284. The van der Waals surface area contributed by atoms with Gasteiger partial charge in [0.15, 0.2) is 0 Å². The topological polar surface area (TPSA) is 90.2 Å². The van der Waals surface area contributed by atoms with Crippen LogP contribution in [0.4, 0.5) is 11.4 Å². The van der Waals surface area contributed by atoms with Gasteiger partial charge in [0.05, 0.1) is 30.1 Å². The molecule has 0 spiro atoms. The van der Waals surface area contributed by atoms with Crippen molar-refractivity contribution in [2.24, 2.45) is 17.6 Å². The van der Waals surface area contributed by atoms with Crippen molar-refractivity contribution in [3.63, 3.8) is 0 Å². The van der Waals surface area contributed by atoms with Crippen LogP contribution in [0.2, 0.25) is 5.02 Å². The molecule has 1 amide bonds. The summed E-state index contributed by atoms with van der Waals surface area (Å²) in [5.41, 5.74) is 7.60. The highest BCUT2D eigenvalue weighted by molar-refractivity contribution is 6.33. The van der Waals surface area contributed by atoms with Gasteiger partial charge < -0.3 is 29.7 Å². The Hall–Kier alpha value is -2.71. The molecule has 2 aliphatic heterocycles. The number of hydrogen-bond acceptors (Lipinski definition) is 7. The lowest BCUT2D eigenvalue weighted by molar-refractivity contribution is -0.118. The number of nitrogens with two attached hydrogens (primary N) is 1. The number of aromatic nitrogens is 1. The number of hydrogen-bond donors (Lipinski definition) is 1. The van der Waals surface area contributed by atoms with Crippen LogP contribution in [-0.2, 0) is 9.53 Å². The molecule has 1 aromatic heterocycles. The van der Waals surface area contributed by atoms with Crippen LogP contribution in [0, 0.1) is 11.8 Å². The summed E-state index contributed by atoms with van der Waals surface area (Å²) in [7, 11) is 1.61. The molecule has 0 bridgehead atoms. The molecular formula is C29H41ClN4O4. The Morgan fingerprint density at radius 3 is 2.61 bits per heavy atom. The summed E-state index contributed by atoms with van der Waals surface area (Å²) in [4.78, 5) is 20.6. The molecule has 2 aromatic rings. The number of anilines is 2. The summed E-state index contributed by atoms with van der Waals surface area (Å²) < 4.78 is 17.9. The van der Waals surface area contributed by atoms with Crippen molar-refractivity contribution in [2.75, 3.05) is 43.2 Å². The number of ether oxygens (including phenoxy) is 3. The molecule has 0 aliphatic carbocycles. The van der Waals surface area contributed by atoms with Crippen molar-refractivity contribution in [2.45, 2.75) is 64.7 Å². The van der Waals surface area contributed by atoms with Crippen LogP contribution in [0.1, 0.15) is 46.5 Å². The fourth-order valence-electron chi connectivity index (χ4n) is 5.58. The predicted molar refractivity (Wildman–Crippen MR) is 151 cm³/mol. The number of benzene rings is 1. The van der Waals surface area contributed by atoms with Gasteiger partial charge in [-0.1, -0.05) is 38.8 Å². The first kappa shape index (κ1) is 28.3. The normalized spacial score (nSPS) is 25.4. The van der Waals surface area contributed by atoms with Crippen LogP contribution < -0.4 is 25.0 Å². The van der Waals surface area contributed by atoms with E-state index in [1.54, 1.807) is 13.3 Å². The molecular weight excluding hydrogens is 504 g/mol. The second-order valence-corrected chi connectivity index (χ2v) is 11.0. The second kappa shape index (κ2) is 12.9. The Morgan fingerprint density at radius 2 is 1.95 bits per heavy atom. The Balaban J connectivity index is 1.39. The van der Waals surface area contributed by atoms with Crippen molar-refractivity contribution >= 4 is 28.9 Å². The summed E-state index contributed by atoms with van der Waals surface area (Å²) in [5.74, 6) is 1.64. The van der Waals surface area contributed by atoms with Crippen LogP contribution in [-0.4, -0.2) is 62.5 Å². The third-order valence-electron chi connectivity index (χ3n) is 7.85. The lowest BCUT2D eigenvalue weighted by Gasteiger charge is -2.38. The zero-order valence-corrected chi connectivity index (χ0v) is 23.7. The van der Waals surface area contributed by atoms with Crippen molar-refractivity contribution in [3.05, 3.63) is 41.6 Å². The van der Waals surface area contributed by atoms with E-state index in [1.807, 2.05) is 18.2 Å². The maximum atomic E-state index is 11.8. The van der Waals surface area contributed by atoms with Crippen molar-refractivity contribution < 1.29 is 19.0 Å². The zero-order chi connectivity index (χ0) is 27.2. The van der Waals surface area contributed by atoms with Crippen LogP contribution in [0.3, 0.4) is 0 Å². The molecule has 2 aliphatic rings. The molecule has 0 unspecified atom stereocenters. The molecule has 1 aromatic carbocycles. The average molecular weight is 545 g/mol. The van der Waals surface area contributed by atoms with Crippen LogP contribution in [0.25, 0.3) is 0 Å². The van der Waals surface area contributed by atoms with E-state index in [0.717, 1.165) is 62.6 Å². The van der Waals surface area contributed by atoms with Gasteiger partial charge in [0, 0.05) is 68.7 Å². The third-order valence-corrected chi connectivity index (χ3v) is 8.14. The molecule has 4 rings (SSSR count). The number of halogens is 1. The minimum Gasteiger partial charge on any atom is -0.490 e. The van der Waals surface area contributed by atoms with E-state index >= 15 is 0 Å². The lowest BCUT2D eigenvalue weighted by atomic mass is 9.96. The van der Waals surface area contributed by atoms with Crippen LogP contribution >= 0.6 is 11.6 Å². The molecule has 2 fully saturated rings. The van der Waals surface area contributed by atoms with E-state index in [0.29, 0.717) is 23.2 Å². The number of carbonyl (C=O) groups excluding carboxylic acids is 1. The van der Waals surface area contributed by atoms with Gasteiger partial charge in [-0.05, 0) is 30.7 Å². The summed E-state index contributed by atoms with van der Waals surface area (Å²) >= 11 is 6.43. The number of pyridine rings is 1.